The van der Waals surface area contributed by atoms with Crippen molar-refractivity contribution in [3.63, 3.8) is 0 Å². The predicted molar refractivity (Wildman–Crippen MR) is 80.2 cm³/mol. The summed E-state index contributed by atoms with van der Waals surface area (Å²) in [6.45, 7) is 9.84. The zero-order chi connectivity index (χ0) is 14.5. The van der Waals surface area contributed by atoms with Gasteiger partial charge in [-0.1, -0.05) is 13.0 Å². The molecular formula is C16H27NO2. The van der Waals surface area contributed by atoms with Gasteiger partial charge in [0.05, 0.1) is 14.2 Å². The van der Waals surface area contributed by atoms with Gasteiger partial charge in [0.2, 0.25) is 0 Å². The third kappa shape index (κ3) is 5.52. The van der Waals surface area contributed by atoms with Gasteiger partial charge in [-0.15, -0.1) is 0 Å². The molecule has 1 unspecified atom stereocenters. The summed E-state index contributed by atoms with van der Waals surface area (Å²) in [6, 6.07) is 6.14. The molecule has 1 rings (SSSR count). The van der Waals surface area contributed by atoms with Crippen molar-refractivity contribution in [2.45, 2.75) is 39.7 Å². The Bertz CT molecular complexity index is 396. The number of hydrogen-bond acceptors (Lipinski definition) is 3. The first-order valence-electron chi connectivity index (χ1n) is 6.81. The lowest BCUT2D eigenvalue weighted by Gasteiger charge is -2.23. The van der Waals surface area contributed by atoms with Gasteiger partial charge in [0.15, 0.2) is 11.5 Å². The van der Waals surface area contributed by atoms with Crippen molar-refractivity contribution in [2.24, 2.45) is 5.92 Å². The molecule has 0 aliphatic heterocycles. The van der Waals surface area contributed by atoms with Gasteiger partial charge in [-0.2, -0.15) is 0 Å². The molecule has 1 N–H and O–H groups in total. The Hall–Kier alpha value is -1.22. The largest absolute Gasteiger partial charge is 0.493 e. The first-order valence-corrected chi connectivity index (χ1v) is 6.81. The Morgan fingerprint density at radius 1 is 1.11 bits per heavy atom. The molecule has 0 aromatic heterocycles. The Labute approximate surface area is 117 Å². The van der Waals surface area contributed by atoms with E-state index in [-0.39, 0.29) is 5.54 Å². The number of hydrogen-bond donors (Lipinski definition) is 1. The first-order chi connectivity index (χ1) is 8.85. The van der Waals surface area contributed by atoms with E-state index >= 15 is 0 Å². The average molecular weight is 265 g/mol. The van der Waals surface area contributed by atoms with Crippen molar-refractivity contribution in [3.8, 4) is 11.5 Å². The Balaban J connectivity index is 2.61. The highest BCUT2D eigenvalue weighted by Crippen LogP contribution is 2.28. The van der Waals surface area contributed by atoms with Crippen LogP contribution in [0.5, 0.6) is 11.5 Å². The highest BCUT2D eigenvalue weighted by molar-refractivity contribution is 5.42. The molecule has 0 fully saturated rings. The molecule has 3 heteroatoms. The average Bonchev–Trinajstić information content (AvgIpc) is 2.35. The first kappa shape index (κ1) is 15.8. The minimum absolute atomic E-state index is 0.172. The number of benzene rings is 1. The Morgan fingerprint density at radius 2 is 1.74 bits per heavy atom. The summed E-state index contributed by atoms with van der Waals surface area (Å²) in [4.78, 5) is 0. The van der Waals surface area contributed by atoms with Crippen LogP contribution in [0.15, 0.2) is 18.2 Å². The molecule has 0 amide bonds. The molecule has 0 heterocycles. The number of ether oxygens (including phenoxy) is 2. The van der Waals surface area contributed by atoms with Crippen LogP contribution in [-0.4, -0.2) is 26.3 Å². The SMILES string of the molecule is COc1ccc(CC(C)CNC(C)(C)C)cc1OC. The summed E-state index contributed by atoms with van der Waals surface area (Å²) >= 11 is 0. The summed E-state index contributed by atoms with van der Waals surface area (Å²) in [5.41, 5.74) is 1.45. The van der Waals surface area contributed by atoms with E-state index in [1.807, 2.05) is 6.07 Å². The molecule has 1 aromatic rings. The van der Waals surface area contributed by atoms with Gasteiger partial charge < -0.3 is 14.8 Å². The summed E-state index contributed by atoms with van der Waals surface area (Å²) in [5, 5.41) is 3.54. The van der Waals surface area contributed by atoms with E-state index in [1.54, 1.807) is 14.2 Å². The van der Waals surface area contributed by atoms with Crippen LogP contribution in [0, 0.1) is 5.92 Å². The van der Waals surface area contributed by atoms with Gasteiger partial charge in [0.25, 0.3) is 0 Å². The number of nitrogens with one attached hydrogen (secondary N) is 1. The summed E-state index contributed by atoms with van der Waals surface area (Å²) < 4.78 is 10.6. The maximum Gasteiger partial charge on any atom is 0.160 e. The highest BCUT2D eigenvalue weighted by atomic mass is 16.5. The van der Waals surface area contributed by atoms with E-state index in [9.17, 15) is 0 Å². The van der Waals surface area contributed by atoms with Crippen LogP contribution in [-0.2, 0) is 6.42 Å². The molecule has 0 bridgehead atoms. The normalized spacial score (nSPS) is 13.2. The molecule has 0 aliphatic carbocycles. The smallest absolute Gasteiger partial charge is 0.160 e. The van der Waals surface area contributed by atoms with Crippen molar-refractivity contribution < 1.29 is 9.47 Å². The third-order valence-electron chi connectivity index (χ3n) is 3.01. The van der Waals surface area contributed by atoms with Gasteiger partial charge in [-0.25, -0.2) is 0 Å². The monoisotopic (exact) mass is 265 g/mol. The van der Waals surface area contributed by atoms with Crippen LogP contribution >= 0.6 is 0 Å². The fourth-order valence-electron chi connectivity index (χ4n) is 1.96. The van der Waals surface area contributed by atoms with Crippen LogP contribution in [0.2, 0.25) is 0 Å². The second-order valence-electron chi connectivity index (χ2n) is 6.13. The van der Waals surface area contributed by atoms with Gasteiger partial charge in [-0.05, 0) is 57.4 Å². The zero-order valence-electron chi connectivity index (χ0n) is 13.0. The van der Waals surface area contributed by atoms with Gasteiger partial charge >= 0.3 is 0 Å². The van der Waals surface area contributed by atoms with Gasteiger partial charge in [-0.3, -0.25) is 0 Å². The van der Waals surface area contributed by atoms with Gasteiger partial charge in [0.1, 0.15) is 0 Å². The molecule has 1 aromatic carbocycles. The zero-order valence-corrected chi connectivity index (χ0v) is 13.0. The van der Waals surface area contributed by atoms with E-state index < -0.39 is 0 Å². The van der Waals surface area contributed by atoms with Crippen LogP contribution in [0.3, 0.4) is 0 Å². The summed E-state index contributed by atoms with van der Waals surface area (Å²) in [6.07, 6.45) is 1.03. The molecule has 19 heavy (non-hydrogen) atoms. The summed E-state index contributed by atoms with van der Waals surface area (Å²) in [5.74, 6) is 2.17. The highest BCUT2D eigenvalue weighted by Gasteiger charge is 2.12. The molecule has 0 saturated carbocycles. The van der Waals surface area contributed by atoms with Crippen molar-refractivity contribution in [1.82, 2.24) is 5.32 Å². The minimum atomic E-state index is 0.172. The molecule has 0 spiro atoms. The minimum Gasteiger partial charge on any atom is -0.493 e. The molecule has 1 atom stereocenters. The summed E-state index contributed by atoms with van der Waals surface area (Å²) in [7, 11) is 3.33. The Morgan fingerprint density at radius 3 is 2.26 bits per heavy atom. The van der Waals surface area contributed by atoms with Crippen LogP contribution in [0.25, 0.3) is 0 Å². The quantitative estimate of drug-likeness (QED) is 0.856. The second-order valence-corrected chi connectivity index (χ2v) is 6.13. The maximum absolute atomic E-state index is 5.33. The Kier molecular flexibility index (Phi) is 5.67. The fourth-order valence-corrected chi connectivity index (χ4v) is 1.96. The number of methoxy groups -OCH3 is 2. The lowest BCUT2D eigenvalue weighted by molar-refractivity contribution is 0.353. The standard InChI is InChI=1S/C16H27NO2/c1-12(11-17-16(2,3)4)9-13-7-8-14(18-5)15(10-13)19-6/h7-8,10,12,17H,9,11H2,1-6H3. The van der Waals surface area contributed by atoms with E-state index in [0.717, 1.165) is 24.5 Å². The molecule has 108 valence electrons. The molecule has 0 radical (unpaired) electrons. The van der Waals surface area contributed by atoms with Crippen LogP contribution < -0.4 is 14.8 Å². The number of rotatable bonds is 6. The molecule has 0 aliphatic rings. The topological polar surface area (TPSA) is 30.5 Å². The van der Waals surface area contributed by atoms with Crippen molar-refractivity contribution >= 4 is 0 Å². The lowest BCUT2D eigenvalue weighted by Crippen LogP contribution is -2.39. The molecular weight excluding hydrogens is 238 g/mol. The fraction of sp³-hybridized carbons (Fsp3) is 0.625. The lowest BCUT2D eigenvalue weighted by atomic mass is 9.99. The predicted octanol–water partition coefficient (Wildman–Crippen LogP) is 3.27. The van der Waals surface area contributed by atoms with Crippen molar-refractivity contribution in [1.29, 1.82) is 0 Å². The molecule has 3 nitrogen and oxygen atoms in total. The van der Waals surface area contributed by atoms with E-state index in [4.69, 9.17) is 9.47 Å². The van der Waals surface area contributed by atoms with E-state index in [1.165, 1.54) is 5.56 Å². The van der Waals surface area contributed by atoms with Crippen molar-refractivity contribution in [2.75, 3.05) is 20.8 Å². The van der Waals surface area contributed by atoms with Gasteiger partial charge in [0, 0.05) is 5.54 Å². The second kappa shape index (κ2) is 6.80. The molecule has 0 saturated heterocycles. The maximum atomic E-state index is 5.33. The van der Waals surface area contributed by atoms with Crippen molar-refractivity contribution in [3.05, 3.63) is 23.8 Å². The third-order valence-corrected chi connectivity index (χ3v) is 3.01. The van der Waals surface area contributed by atoms with Crippen LogP contribution in [0.4, 0.5) is 0 Å². The van der Waals surface area contributed by atoms with E-state index in [0.29, 0.717) is 5.92 Å². The van der Waals surface area contributed by atoms with Crippen LogP contribution in [0.1, 0.15) is 33.3 Å². The van der Waals surface area contributed by atoms with E-state index in [2.05, 4.69) is 45.1 Å².